The van der Waals surface area contributed by atoms with Gasteiger partial charge in [-0.25, -0.2) is 13.8 Å². The lowest BCUT2D eigenvalue weighted by atomic mass is 10.0. The van der Waals surface area contributed by atoms with Gasteiger partial charge in [-0.3, -0.25) is 9.69 Å². The average Bonchev–Trinajstić information content (AvgIpc) is 3.08. The number of fused-ring (bicyclic) bond motifs is 1. The van der Waals surface area contributed by atoms with Gasteiger partial charge in [0.1, 0.15) is 17.5 Å². The van der Waals surface area contributed by atoms with Gasteiger partial charge in [-0.05, 0) is 43.4 Å². The fraction of sp³-hybridized carbons (Fsp3) is 0.524. The third-order valence-electron chi connectivity index (χ3n) is 6.50. The number of imidazole rings is 1. The van der Waals surface area contributed by atoms with Gasteiger partial charge in [0.2, 0.25) is 5.91 Å². The molecule has 2 heterocycles. The molecule has 1 N–H and O–H groups in total. The summed E-state index contributed by atoms with van der Waals surface area (Å²) in [5, 5.41) is 3.21. The summed E-state index contributed by atoms with van der Waals surface area (Å²) in [4.78, 5) is 19.1. The molecule has 1 unspecified atom stereocenters. The molecule has 2 fully saturated rings. The average molecular weight is 386 g/mol. The van der Waals surface area contributed by atoms with Gasteiger partial charge < -0.3 is 9.88 Å². The third kappa shape index (κ3) is 2.92. The van der Waals surface area contributed by atoms with Crippen LogP contribution in [0.25, 0.3) is 0 Å². The summed E-state index contributed by atoms with van der Waals surface area (Å²) in [5.74, 6) is 0.532. The molecule has 1 saturated carbocycles. The number of amides is 1. The minimum atomic E-state index is -0.335. The number of hydrogen-bond acceptors (Lipinski definition) is 3. The topological polar surface area (TPSA) is 50.2 Å². The molecule has 2 aliphatic carbocycles. The summed E-state index contributed by atoms with van der Waals surface area (Å²) < 4.78 is 30.7. The predicted molar refractivity (Wildman–Crippen MR) is 99.6 cm³/mol. The van der Waals surface area contributed by atoms with Crippen molar-refractivity contribution in [3.63, 3.8) is 0 Å². The highest BCUT2D eigenvalue weighted by molar-refractivity contribution is 5.81. The number of halogens is 2. The van der Waals surface area contributed by atoms with Crippen molar-refractivity contribution in [1.29, 1.82) is 0 Å². The predicted octanol–water partition coefficient (Wildman–Crippen LogP) is 2.68. The lowest BCUT2D eigenvalue weighted by molar-refractivity contribution is -0.123. The molecule has 1 amide bonds. The Morgan fingerprint density at radius 1 is 1.18 bits per heavy atom. The first kappa shape index (κ1) is 17.8. The number of aromatic nitrogens is 2. The molecular formula is C21H24F2N4O. The molecule has 7 heteroatoms. The quantitative estimate of drug-likeness (QED) is 0.879. The number of benzene rings is 1. The second-order valence-electron chi connectivity index (χ2n) is 8.32. The van der Waals surface area contributed by atoms with E-state index in [0.29, 0.717) is 37.1 Å². The van der Waals surface area contributed by atoms with E-state index in [1.54, 1.807) is 6.20 Å². The van der Waals surface area contributed by atoms with E-state index >= 15 is 0 Å². The molecule has 3 aliphatic rings. The minimum absolute atomic E-state index is 0.0309. The highest BCUT2D eigenvalue weighted by Gasteiger charge is 2.44. The Balaban J connectivity index is 1.44. The zero-order valence-electron chi connectivity index (χ0n) is 15.9. The number of likely N-dealkylation sites (tertiary alicyclic amines) is 1. The van der Waals surface area contributed by atoms with Crippen molar-refractivity contribution in [2.24, 2.45) is 13.0 Å². The minimum Gasteiger partial charge on any atom is -0.351 e. The van der Waals surface area contributed by atoms with E-state index in [0.717, 1.165) is 18.7 Å². The second kappa shape index (κ2) is 6.65. The number of carbonyl (C=O) groups excluding carboxylic acids is 1. The molecular weight excluding hydrogens is 362 g/mol. The molecule has 1 aliphatic heterocycles. The lowest BCUT2D eigenvalue weighted by Gasteiger charge is -2.25. The van der Waals surface area contributed by atoms with Crippen molar-refractivity contribution in [3.8, 4) is 0 Å². The smallest absolute Gasteiger partial charge is 0.223 e. The van der Waals surface area contributed by atoms with Crippen molar-refractivity contribution < 1.29 is 13.6 Å². The summed E-state index contributed by atoms with van der Waals surface area (Å²) in [6, 6.07) is 2.22. The number of nitrogens with zero attached hydrogens (tertiary/aromatic N) is 3. The first-order valence-electron chi connectivity index (χ1n) is 10.0. The first-order chi connectivity index (χ1) is 13.5. The van der Waals surface area contributed by atoms with E-state index in [9.17, 15) is 13.6 Å². The van der Waals surface area contributed by atoms with Crippen LogP contribution in [0, 0.1) is 17.6 Å². The maximum atomic E-state index is 14.6. The Morgan fingerprint density at radius 2 is 1.96 bits per heavy atom. The highest BCUT2D eigenvalue weighted by Crippen LogP contribution is 2.42. The Hall–Kier alpha value is -2.28. The Labute approximate surface area is 162 Å². The van der Waals surface area contributed by atoms with Crippen molar-refractivity contribution in [1.82, 2.24) is 19.8 Å². The standard InChI is InChI=1S/C21H24F2N4O/c1-26-9-8-24-20(26)14-10-27(11-17(14)25-21(28)12-2-3-12)18-7-4-13-15(22)5-6-16(23)19(13)18/h5-6,8-9,12,14,17-18H,2-4,7,10-11H2,1H3,(H,25,28)/t14-,17-,18?/m1/s1. The molecule has 0 radical (unpaired) electrons. The molecule has 5 rings (SSSR count). The number of rotatable bonds is 4. The van der Waals surface area contributed by atoms with E-state index in [1.807, 2.05) is 17.8 Å². The fourth-order valence-corrected chi connectivity index (χ4v) is 4.89. The van der Waals surface area contributed by atoms with Crippen LogP contribution in [0.1, 0.15) is 48.2 Å². The lowest BCUT2D eigenvalue weighted by Crippen LogP contribution is -2.41. The van der Waals surface area contributed by atoms with E-state index in [4.69, 9.17) is 0 Å². The van der Waals surface area contributed by atoms with Crippen LogP contribution >= 0.6 is 0 Å². The summed E-state index contributed by atoms with van der Waals surface area (Å²) in [6.45, 7) is 1.29. The van der Waals surface area contributed by atoms with Crippen LogP contribution in [0.4, 0.5) is 8.78 Å². The molecule has 2 aromatic rings. The highest BCUT2D eigenvalue weighted by atomic mass is 19.1. The fourth-order valence-electron chi connectivity index (χ4n) is 4.89. The summed E-state index contributed by atoms with van der Waals surface area (Å²) in [6.07, 6.45) is 6.82. The van der Waals surface area contributed by atoms with Gasteiger partial charge in [0.05, 0.1) is 12.0 Å². The van der Waals surface area contributed by atoms with E-state index in [-0.39, 0.29) is 41.5 Å². The number of hydrogen-bond donors (Lipinski definition) is 1. The van der Waals surface area contributed by atoms with Gasteiger partial charge in [0.15, 0.2) is 0 Å². The molecule has 3 atom stereocenters. The molecule has 148 valence electrons. The van der Waals surface area contributed by atoms with Crippen molar-refractivity contribution in [3.05, 3.63) is 53.1 Å². The van der Waals surface area contributed by atoms with E-state index in [1.165, 1.54) is 12.1 Å². The van der Waals surface area contributed by atoms with Gasteiger partial charge in [0.25, 0.3) is 0 Å². The molecule has 1 saturated heterocycles. The molecule has 5 nitrogen and oxygen atoms in total. The van der Waals surface area contributed by atoms with Crippen LogP contribution in [-0.2, 0) is 18.3 Å². The third-order valence-corrected chi connectivity index (χ3v) is 6.50. The van der Waals surface area contributed by atoms with Crippen molar-refractivity contribution in [2.45, 2.75) is 43.7 Å². The van der Waals surface area contributed by atoms with Crippen molar-refractivity contribution >= 4 is 5.91 Å². The molecule has 0 bridgehead atoms. The Bertz CT molecular complexity index is 923. The summed E-state index contributed by atoms with van der Waals surface area (Å²) >= 11 is 0. The second-order valence-corrected chi connectivity index (χ2v) is 8.32. The van der Waals surface area contributed by atoms with E-state index < -0.39 is 0 Å². The monoisotopic (exact) mass is 386 g/mol. The largest absolute Gasteiger partial charge is 0.351 e. The first-order valence-corrected chi connectivity index (χ1v) is 10.0. The number of aryl methyl sites for hydroxylation is 1. The Morgan fingerprint density at radius 3 is 2.68 bits per heavy atom. The molecule has 28 heavy (non-hydrogen) atoms. The number of carbonyl (C=O) groups is 1. The van der Waals surface area contributed by atoms with Crippen LogP contribution in [0.15, 0.2) is 24.5 Å². The summed E-state index contributed by atoms with van der Waals surface area (Å²) in [5.41, 5.74) is 0.997. The van der Waals surface area contributed by atoms with Gasteiger partial charge in [-0.15, -0.1) is 0 Å². The molecule has 1 aromatic carbocycles. The molecule has 0 spiro atoms. The SMILES string of the molecule is Cn1ccnc1[C@@H]1CN(C2CCc3c(F)ccc(F)c32)C[C@H]1NC(=O)C1CC1. The van der Waals surface area contributed by atoms with Crippen LogP contribution in [0.5, 0.6) is 0 Å². The van der Waals surface area contributed by atoms with Crippen LogP contribution in [0.2, 0.25) is 0 Å². The number of nitrogens with one attached hydrogen (secondary N) is 1. The zero-order chi connectivity index (χ0) is 19.4. The summed E-state index contributed by atoms with van der Waals surface area (Å²) in [7, 11) is 1.95. The zero-order valence-corrected chi connectivity index (χ0v) is 15.9. The van der Waals surface area contributed by atoms with Gasteiger partial charge in [-0.1, -0.05) is 0 Å². The van der Waals surface area contributed by atoms with Gasteiger partial charge in [0, 0.05) is 50.1 Å². The normalized spacial score (nSPS) is 27.2. The van der Waals surface area contributed by atoms with Crippen molar-refractivity contribution in [2.75, 3.05) is 13.1 Å². The molecule has 1 aromatic heterocycles. The maximum absolute atomic E-state index is 14.6. The van der Waals surface area contributed by atoms with Gasteiger partial charge in [-0.2, -0.15) is 0 Å². The van der Waals surface area contributed by atoms with Gasteiger partial charge >= 0.3 is 0 Å². The Kier molecular flexibility index (Phi) is 4.23. The van der Waals surface area contributed by atoms with Crippen LogP contribution in [0.3, 0.4) is 0 Å². The maximum Gasteiger partial charge on any atom is 0.223 e. The van der Waals surface area contributed by atoms with Crippen LogP contribution < -0.4 is 5.32 Å². The van der Waals surface area contributed by atoms with Crippen LogP contribution in [-0.4, -0.2) is 39.5 Å². The van der Waals surface area contributed by atoms with E-state index in [2.05, 4.69) is 15.2 Å².